The van der Waals surface area contributed by atoms with Crippen molar-refractivity contribution >= 4 is 0 Å². The molecule has 1 aliphatic rings. The molecule has 0 bridgehead atoms. The average Bonchev–Trinajstić information content (AvgIpc) is 2.19. The molecule has 0 saturated heterocycles. The van der Waals surface area contributed by atoms with Crippen LogP contribution in [0.15, 0.2) is 0 Å². The van der Waals surface area contributed by atoms with Gasteiger partial charge in [0.1, 0.15) is 6.67 Å². The number of hydrogen-bond donors (Lipinski definition) is 1. The first-order valence-corrected chi connectivity index (χ1v) is 5.18. The minimum absolute atomic E-state index is 0.473. The molecule has 0 heterocycles. The van der Waals surface area contributed by atoms with Crippen LogP contribution in [0.5, 0.6) is 0 Å². The van der Waals surface area contributed by atoms with E-state index in [4.69, 9.17) is 5.11 Å². The number of aliphatic hydroxyl groups is 1. The van der Waals surface area contributed by atoms with E-state index in [9.17, 15) is 4.39 Å². The quantitative estimate of drug-likeness (QED) is 0.726. The molecule has 2 nitrogen and oxygen atoms in total. The predicted molar refractivity (Wildman–Crippen MR) is 51.5 cm³/mol. The topological polar surface area (TPSA) is 23.5 Å². The molecule has 1 N–H and O–H groups in total. The van der Waals surface area contributed by atoms with Crippen LogP contribution >= 0.6 is 0 Å². The van der Waals surface area contributed by atoms with E-state index in [1.54, 1.807) is 0 Å². The molecular weight excluding hydrogens is 169 g/mol. The largest absolute Gasteiger partial charge is 0.389 e. The summed E-state index contributed by atoms with van der Waals surface area (Å²) in [6.45, 7) is -0.155. The lowest BCUT2D eigenvalue weighted by atomic mass is 9.94. The van der Waals surface area contributed by atoms with Crippen molar-refractivity contribution in [2.45, 2.75) is 44.2 Å². The Morgan fingerprint density at radius 1 is 1.38 bits per heavy atom. The van der Waals surface area contributed by atoms with Crippen LogP contribution in [0.1, 0.15) is 32.1 Å². The van der Waals surface area contributed by atoms with E-state index in [1.165, 1.54) is 32.1 Å². The van der Waals surface area contributed by atoms with E-state index in [2.05, 4.69) is 4.90 Å². The van der Waals surface area contributed by atoms with E-state index in [0.29, 0.717) is 12.6 Å². The second-order valence-electron chi connectivity index (χ2n) is 4.04. The molecule has 1 rings (SSSR count). The third-order valence-corrected chi connectivity index (χ3v) is 2.87. The van der Waals surface area contributed by atoms with Gasteiger partial charge >= 0.3 is 0 Å². The third-order valence-electron chi connectivity index (χ3n) is 2.87. The number of halogens is 1. The van der Waals surface area contributed by atoms with Crippen molar-refractivity contribution in [2.75, 3.05) is 20.3 Å². The third kappa shape index (κ3) is 3.61. The summed E-state index contributed by atoms with van der Waals surface area (Å²) in [5.74, 6) is 0. The average molecular weight is 189 g/mol. The second kappa shape index (κ2) is 5.55. The first kappa shape index (κ1) is 10.9. The highest BCUT2D eigenvalue weighted by Gasteiger charge is 2.19. The van der Waals surface area contributed by atoms with Gasteiger partial charge in [0.25, 0.3) is 0 Å². The minimum Gasteiger partial charge on any atom is -0.389 e. The maximum absolute atomic E-state index is 12.0. The summed E-state index contributed by atoms with van der Waals surface area (Å²) < 4.78 is 12.0. The van der Waals surface area contributed by atoms with Gasteiger partial charge in [0, 0.05) is 12.6 Å². The lowest BCUT2D eigenvalue weighted by molar-refractivity contribution is 0.0736. The Balaban J connectivity index is 2.24. The van der Waals surface area contributed by atoms with Crippen molar-refractivity contribution in [3.8, 4) is 0 Å². The maximum atomic E-state index is 12.0. The first-order valence-electron chi connectivity index (χ1n) is 5.18. The van der Waals surface area contributed by atoms with Crippen LogP contribution < -0.4 is 0 Å². The van der Waals surface area contributed by atoms with Gasteiger partial charge in [-0.25, -0.2) is 4.39 Å². The molecule has 13 heavy (non-hydrogen) atoms. The van der Waals surface area contributed by atoms with Gasteiger partial charge < -0.3 is 10.0 Å². The van der Waals surface area contributed by atoms with Crippen molar-refractivity contribution in [1.29, 1.82) is 0 Å². The molecule has 1 fully saturated rings. The summed E-state index contributed by atoms with van der Waals surface area (Å²) in [6, 6.07) is 0.565. The zero-order chi connectivity index (χ0) is 9.68. The van der Waals surface area contributed by atoms with E-state index < -0.39 is 12.8 Å². The van der Waals surface area contributed by atoms with Crippen LogP contribution in [-0.4, -0.2) is 42.4 Å². The fourth-order valence-electron chi connectivity index (χ4n) is 2.05. The molecule has 0 aromatic rings. The normalized spacial score (nSPS) is 22.2. The van der Waals surface area contributed by atoms with Crippen LogP contribution in [0.25, 0.3) is 0 Å². The van der Waals surface area contributed by atoms with E-state index >= 15 is 0 Å². The highest BCUT2D eigenvalue weighted by molar-refractivity contribution is 4.75. The van der Waals surface area contributed by atoms with Crippen molar-refractivity contribution in [2.24, 2.45) is 0 Å². The van der Waals surface area contributed by atoms with Crippen molar-refractivity contribution in [1.82, 2.24) is 4.90 Å². The maximum Gasteiger partial charge on any atom is 0.117 e. The smallest absolute Gasteiger partial charge is 0.117 e. The monoisotopic (exact) mass is 189 g/mol. The molecule has 1 atom stereocenters. The van der Waals surface area contributed by atoms with Gasteiger partial charge in [0.15, 0.2) is 0 Å². The number of rotatable bonds is 4. The number of likely N-dealkylation sites (N-methyl/N-ethyl adjacent to an activating group) is 1. The lowest BCUT2D eigenvalue weighted by Gasteiger charge is -2.31. The van der Waals surface area contributed by atoms with Crippen molar-refractivity contribution in [3.05, 3.63) is 0 Å². The van der Waals surface area contributed by atoms with Crippen LogP contribution in [0.3, 0.4) is 0 Å². The van der Waals surface area contributed by atoms with Gasteiger partial charge in [-0.05, 0) is 19.9 Å². The fraction of sp³-hybridized carbons (Fsp3) is 1.00. The highest BCUT2D eigenvalue weighted by atomic mass is 19.1. The number of aliphatic hydroxyl groups excluding tert-OH is 1. The summed E-state index contributed by atoms with van der Waals surface area (Å²) in [5.41, 5.74) is 0. The molecular formula is C10H20FNO. The molecule has 0 aromatic carbocycles. The Labute approximate surface area is 79.7 Å². The fourth-order valence-corrected chi connectivity index (χ4v) is 2.05. The zero-order valence-electron chi connectivity index (χ0n) is 8.38. The first-order chi connectivity index (χ1) is 6.24. The van der Waals surface area contributed by atoms with E-state index in [1.807, 2.05) is 7.05 Å². The van der Waals surface area contributed by atoms with Crippen molar-refractivity contribution in [3.63, 3.8) is 0 Å². The van der Waals surface area contributed by atoms with Gasteiger partial charge in [-0.2, -0.15) is 0 Å². The zero-order valence-corrected chi connectivity index (χ0v) is 8.38. The van der Waals surface area contributed by atoms with Crippen LogP contribution in [0.4, 0.5) is 4.39 Å². The Bertz CT molecular complexity index is 137. The van der Waals surface area contributed by atoms with Gasteiger partial charge in [0.05, 0.1) is 6.10 Å². The van der Waals surface area contributed by atoms with Crippen molar-refractivity contribution < 1.29 is 9.50 Å². The summed E-state index contributed by atoms with van der Waals surface area (Å²) in [5, 5.41) is 9.14. The second-order valence-corrected chi connectivity index (χ2v) is 4.04. The number of nitrogens with zero attached hydrogens (tertiary/aromatic N) is 1. The Morgan fingerprint density at radius 3 is 2.54 bits per heavy atom. The molecule has 0 spiro atoms. The van der Waals surface area contributed by atoms with Crippen LogP contribution in [-0.2, 0) is 0 Å². The molecule has 0 aliphatic heterocycles. The number of alkyl halides is 1. The lowest BCUT2D eigenvalue weighted by Crippen LogP contribution is -2.39. The summed E-state index contributed by atoms with van der Waals surface area (Å²) in [6.07, 6.45) is 5.49. The predicted octanol–water partition coefficient (Wildman–Crippen LogP) is 1.58. The van der Waals surface area contributed by atoms with E-state index in [0.717, 1.165) is 0 Å². The van der Waals surface area contributed by atoms with Crippen LogP contribution in [0, 0.1) is 0 Å². The number of hydrogen-bond acceptors (Lipinski definition) is 2. The molecule has 78 valence electrons. The SMILES string of the molecule is CN(CC(O)CF)C1CCCCC1. The minimum atomic E-state index is -0.799. The molecule has 0 radical (unpaired) electrons. The Morgan fingerprint density at radius 2 is 2.00 bits per heavy atom. The standard InChI is InChI=1S/C10H20FNO/c1-12(8-10(13)7-11)9-5-3-2-4-6-9/h9-10,13H,2-8H2,1H3. The molecule has 0 amide bonds. The molecule has 1 aliphatic carbocycles. The molecule has 1 saturated carbocycles. The molecule has 0 aromatic heterocycles. The summed E-state index contributed by atoms with van der Waals surface area (Å²) >= 11 is 0. The highest BCUT2D eigenvalue weighted by Crippen LogP contribution is 2.21. The van der Waals surface area contributed by atoms with Gasteiger partial charge in [0.2, 0.25) is 0 Å². The Hall–Kier alpha value is -0.150. The van der Waals surface area contributed by atoms with Gasteiger partial charge in [-0.1, -0.05) is 19.3 Å². The van der Waals surface area contributed by atoms with E-state index in [-0.39, 0.29) is 0 Å². The Kier molecular flexibility index (Phi) is 4.67. The van der Waals surface area contributed by atoms with Crippen LogP contribution in [0.2, 0.25) is 0 Å². The molecule has 3 heteroatoms. The summed E-state index contributed by atoms with van der Waals surface area (Å²) in [7, 11) is 1.98. The van der Waals surface area contributed by atoms with Gasteiger partial charge in [-0.3, -0.25) is 0 Å². The molecule has 1 unspecified atom stereocenters. The van der Waals surface area contributed by atoms with Gasteiger partial charge in [-0.15, -0.1) is 0 Å². The summed E-state index contributed by atoms with van der Waals surface area (Å²) in [4.78, 5) is 2.10.